The molecule has 6 heteroatoms. The van der Waals surface area contributed by atoms with E-state index in [1.807, 2.05) is 36.4 Å². The standard InChI is InChI=1S/C24H21N5O/c1-14-10-15(2)12-16(11-14)13-25-24(30)18-7-5-9-20-21(18)27-23(26-20)22-17-6-3-4-8-19(17)28-29-22/h3-12H,13H2,1-2H3,(H,25,30)(H,26,27)(H,28,29). The van der Waals surface area contributed by atoms with E-state index < -0.39 is 0 Å². The van der Waals surface area contributed by atoms with Crippen molar-refractivity contribution < 1.29 is 4.79 Å². The molecule has 1 amide bonds. The van der Waals surface area contributed by atoms with Gasteiger partial charge >= 0.3 is 0 Å². The minimum absolute atomic E-state index is 0.148. The lowest BCUT2D eigenvalue weighted by Crippen LogP contribution is -2.23. The fraction of sp³-hybridized carbons (Fsp3) is 0.125. The van der Waals surface area contributed by atoms with Crippen molar-refractivity contribution in [3.8, 4) is 11.5 Å². The Hall–Kier alpha value is -3.93. The van der Waals surface area contributed by atoms with Crippen LogP contribution in [0.15, 0.2) is 60.7 Å². The van der Waals surface area contributed by atoms with Crippen LogP contribution in [-0.2, 0) is 6.54 Å². The Kier molecular flexibility index (Phi) is 4.32. The maximum absolute atomic E-state index is 12.9. The number of aryl methyl sites for hydroxylation is 2. The van der Waals surface area contributed by atoms with Gasteiger partial charge in [0.15, 0.2) is 5.82 Å². The van der Waals surface area contributed by atoms with Crippen LogP contribution in [0.1, 0.15) is 27.0 Å². The highest BCUT2D eigenvalue weighted by molar-refractivity contribution is 6.05. The molecule has 30 heavy (non-hydrogen) atoms. The maximum Gasteiger partial charge on any atom is 0.253 e. The highest BCUT2D eigenvalue weighted by atomic mass is 16.1. The van der Waals surface area contributed by atoms with Crippen LogP contribution in [0.5, 0.6) is 0 Å². The summed E-state index contributed by atoms with van der Waals surface area (Å²) in [7, 11) is 0. The van der Waals surface area contributed by atoms with Crippen LogP contribution in [0.25, 0.3) is 33.5 Å². The summed E-state index contributed by atoms with van der Waals surface area (Å²) in [5, 5.41) is 11.4. The number of para-hydroxylation sites is 2. The molecule has 2 aromatic heterocycles. The second kappa shape index (κ2) is 7.15. The highest BCUT2D eigenvalue weighted by Gasteiger charge is 2.17. The number of carbonyl (C=O) groups excluding carboxylic acids is 1. The van der Waals surface area contributed by atoms with E-state index in [1.54, 1.807) is 6.07 Å². The Morgan fingerprint density at radius 2 is 1.73 bits per heavy atom. The highest BCUT2D eigenvalue weighted by Crippen LogP contribution is 2.27. The van der Waals surface area contributed by atoms with Crippen LogP contribution in [0.4, 0.5) is 0 Å². The summed E-state index contributed by atoms with van der Waals surface area (Å²) in [5.41, 5.74) is 7.11. The smallest absolute Gasteiger partial charge is 0.253 e. The van der Waals surface area contributed by atoms with Crippen molar-refractivity contribution >= 4 is 27.8 Å². The summed E-state index contributed by atoms with van der Waals surface area (Å²) >= 11 is 0. The number of hydrogen-bond acceptors (Lipinski definition) is 3. The monoisotopic (exact) mass is 395 g/mol. The van der Waals surface area contributed by atoms with Crippen LogP contribution in [0.2, 0.25) is 0 Å². The number of carbonyl (C=O) groups is 1. The van der Waals surface area contributed by atoms with Gasteiger partial charge in [-0.3, -0.25) is 9.89 Å². The third-order valence-electron chi connectivity index (χ3n) is 5.19. The number of hydrogen-bond donors (Lipinski definition) is 3. The average Bonchev–Trinajstić information content (AvgIpc) is 3.35. The van der Waals surface area contributed by atoms with Gasteiger partial charge in [0.1, 0.15) is 11.2 Å². The van der Waals surface area contributed by atoms with E-state index in [0.717, 1.165) is 27.7 Å². The molecule has 0 aliphatic heterocycles. The Morgan fingerprint density at radius 3 is 2.57 bits per heavy atom. The molecule has 148 valence electrons. The second-order valence-electron chi connectivity index (χ2n) is 7.58. The zero-order valence-corrected chi connectivity index (χ0v) is 16.8. The van der Waals surface area contributed by atoms with Crippen molar-refractivity contribution in [3.63, 3.8) is 0 Å². The summed E-state index contributed by atoms with van der Waals surface area (Å²) < 4.78 is 0. The number of imidazole rings is 1. The molecule has 0 fully saturated rings. The first-order valence-electron chi connectivity index (χ1n) is 9.86. The molecule has 6 nitrogen and oxygen atoms in total. The fourth-order valence-corrected chi connectivity index (χ4v) is 3.92. The third-order valence-corrected chi connectivity index (χ3v) is 5.19. The van der Waals surface area contributed by atoms with Crippen molar-refractivity contribution in [1.29, 1.82) is 0 Å². The summed E-state index contributed by atoms with van der Waals surface area (Å²) in [6.07, 6.45) is 0. The molecule has 5 rings (SSSR count). The number of fused-ring (bicyclic) bond motifs is 2. The maximum atomic E-state index is 12.9. The second-order valence-corrected chi connectivity index (χ2v) is 7.58. The quantitative estimate of drug-likeness (QED) is 0.414. The Bertz CT molecular complexity index is 1380. The lowest BCUT2D eigenvalue weighted by molar-refractivity contribution is 0.0952. The average molecular weight is 395 g/mol. The molecule has 0 atom stereocenters. The minimum Gasteiger partial charge on any atom is -0.348 e. The normalized spacial score (nSPS) is 11.3. The Labute approximate surface area is 173 Å². The van der Waals surface area contributed by atoms with E-state index in [4.69, 9.17) is 4.98 Å². The van der Waals surface area contributed by atoms with E-state index in [1.165, 1.54) is 11.1 Å². The van der Waals surface area contributed by atoms with E-state index in [-0.39, 0.29) is 5.91 Å². The van der Waals surface area contributed by atoms with Gasteiger partial charge in [0.05, 0.1) is 16.6 Å². The van der Waals surface area contributed by atoms with Crippen LogP contribution in [-0.4, -0.2) is 26.1 Å². The number of amides is 1. The molecule has 0 saturated heterocycles. The number of aromatic nitrogens is 4. The van der Waals surface area contributed by atoms with E-state index in [2.05, 4.69) is 52.5 Å². The Morgan fingerprint density at radius 1 is 0.967 bits per heavy atom. The Balaban J connectivity index is 1.47. The molecule has 0 aliphatic carbocycles. The molecule has 0 unspecified atom stereocenters. The van der Waals surface area contributed by atoms with E-state index in [0.29, 0.717) is 23.4 Å². The molecule has 2 heterocycles. The minimum atomic E-state index is -0.148. The largest absolute Gasteiger partial charge is 0.348 e. The van der Waals surface area contributed by atoms with Crippen molar-refractivity contribution in [3.05, 3.63) is 82.9 Å². The summed E-state index contributed by atoms with van der Waals surface area (Å²) in [6, 6.07) is 19.8. The first-order chi connectivity index (χ1) is 14.6. The van der Waals surface area contributed by atoms with Crippen LogP contribution >= 0.6 is 0 Å². The van der Waals surface area contributed by atoms with Gasteiger partial charge in [-0.1, -0.05) is 53.6 Å². The molecule has 0 radical (unpaired) electrons. The number of H-pyrrole nitrogens is 2. The molecular formula is C24H21N5O. The molecular weight excluding hydrogens is 374 g/mol. The predicted molar refractivity (Wildman–Crippen MR) is 118 cm³/mol. The molecule has 3 aromatic carbocycles. The fourth-order valence-electron chi connectivity index (χ4n) is 3.92. The zero-order chi connectivity index (χ0) is 20.7. The topological polar surface area (TPSA) is 86.5 Å². The van der Waals surface area contributed by atoms with E-state index >= 15 is 0 Å². The van der Waals surface area contributed by atoms with Crippen LogP contribution in [0.3, 0.4) is 0 Å². The van der Waals surface area contributed by atoms with Crippen molar-refractivity contribution in [2.75, 3.05) is 0 Å². The number of benzene rings is 3. The van der Waals surface area contributed by atoms with Gasteiger partial charge in [0.2, 0.25) is 0 Å². The summed E-state index contributed by atoms with van der Waals surface area (Å²) in [4.78, 5) is 20.9. The van der Waals surface area contributed by atoms with Gasteiger partial charge in [-0.25, -0.2) is 4.98 Å². The van der Waals surface area contributed by atoms with Crippen LogP contribution in [0, 0.1) is 13.8 Å². The molecule has 0 spiro atoms. The lowest BCUT2D eigenvalue weighted by Gasteiger charge is -2.08. The van der Waals surface area contributed by atoms with Crippen molar-refractivity contribution in [2.45, 2.75) is 20.4 Å². The number of rotatable bonds is 4. The number of aromatic amines is 2. The summed E-state index contributed by atoms with van der Waals surface area (Å²) in [6.45, 7) is 4.59. The van der Waals surface area contributed by atoms with Gasteiger partial charge < -0.3 is 10.3 Å². The number of nitrogens with zero attached hydrogens (tertiary/aromatic N) is 2. The predicted octanol–water partition coefficient (Wildman–Crippen LogP) is 4.65. The van der Waals surface area contributed by atoms with Crippen molar-refractivity contribution in [2.24, 2.45) is 0 Å². The molecule has 0 saturated carbocycles. The van der Waals surface area contributed by atoms with Gasteiger partial charge in [0.25, 0.3) is 5.91 Å². The van der Waals surface area contributed by atoms with Crippen LogP contribution < -0.4 is 5.32 Å². The SMILES string of the molecule is Cc1cc(C)cc(CNC(=O)c2cccc3[nH]c(-c4n[nH]c5ccccc45)nc23)c1. The number of nitrogens with one attached hydrogen (secondary N) is 3. The first kappa shape index (κ1) is 18.1. The molecule has 3 N–H and O–H groups in total. The van der Waals surface area contributed by atoms with E-state index in [9.17, 15) is 4.79 Å². The van der Waals surface area contributed by atoms with Gasteiger partial charge in [-0.2, -0.15) is 5.10 Å². The van der Waals surface area contributed by atoms with Crippen molar-refractivity contribution in [1.82, 2.24) is 25.5 Å². The van der Waals surface area contributed by atoms with Gasteiger partial charge in [0, 0.05) is 11.9 Å². The first-order valence-corrected chi connectivity index (χ1v) is 9.86. The summed E-state index contributed by atoms with van der Waals surface area (Å²) in [5.74, 6) is 0.488. The lowest BCUT2D eigenvalue weighted by atomic mass is 10.1. The molecule has 5 aromatic rings. The third kappa shape index (κ3) is 3.22. The zero-order valence-electron chi connectivity index (χ0n) is 16.8. The molecule has 0 aliphatic rings. The molecule has 0 bridgehead atoms. The van der Waals surface area contributed by atoms with Gasteiger partial charge in [-0.05, 0) is 37.6 Å². The van der Waals surface area contributed by atoms with Gasteiger partial charge in [-0.15, -0.1) is 0 Å².